The third-order valence-corrected chi connectivity index (χ3v) is 3.61. The summed E-state index contributed by atoms with van der Waals surface area (Å²) in [5, 5.41) is 8.63. The van der Waals surface area contributed by atoms with Gasteiger partial charge >= 0.3 is 5.97 Å². The zero-order valence-corrected chi connectivity index (χ0v) is 8.19. The van der Waals surface area contributed by atoms with Crippen molar-refractivity contribution in [3.05, 3.63) is 21.4 Å². The predicted molar refractivity (Wildman–Crippen MR) is 52.3 cm³/mol. The number of carbonyl (C=O) groups is 1. The smallest absolute Gasteiger partial charge is 0.308 e. The molecule has 0 unspecified atom stereocenters. The maximum Gasteiger partial charge on any atom is 0.308 e. The monoisotopic (exact) mass is 196 g/mol. The van der Waals surface area contributed by atoms with Crippen LogP contribution in [0.4, 0.5) is 0 Å². The van der Waals surface area contributed by atoms with Gasteiger partial charge in [0.25, 0.3) is 0 Å². The number of carboxylic acid groups (broad SMARTS) is 1. The summed E-state index contributed by atoms with van der Waals surface area (Å²) < 4.78 is 0. The fourth-order valence-corrected chi connectivity index (χ4v) is 3.04. The van der Waals surface area contributed by atoms with Crippen LogP contribution in [0.15, 0.2) is 6.07 Å². The van der Waals surface area contributed by atoms with E-state index in [1.165, 1.54) is 23.3 Å². The molecule has 1 aliphatic rings. The van der Waals surface area contributed by atoms with E-state index in [0.29, 0.717) is 0 Å². The lowest BCUT2D eigenvalue weighted by Crippen LogP contribution is -1.97. The molecule has 1 aromatic rings. The van der Waals surface area contributed by atoms with Gasteiger partial charge in [0, 0.05) is 9.75 Å². The van der Waals surface area contributed by atoms with Crippen molar-refractivity contribution >= 4 is 17.3 Å². The van der Waals surface area contributed by atoms with E-state index in [-0.39, 0.29) is 6.42 Å². The molecule has 0 bridgehead atoms. The Labute approximate surface area is 81.2 Å². The zero-order chi connectivity index (χ0) is 9.26. The number of carboxylic acids is 1. The molecule has 1 N–H and O–H groups in total. The summed E-state index contributed by atoms with van der Waals surface area (Å²) >= 11 is 1.68. The average Bonchev–Trinajstić information content (AvgIpc) is 2.44. The summed E-state index contributed by atoms with van der Waals surface area (Å²) in [5.41, 5.74) is 1.40. The fourth-order valence-electron chi connectivity index (χ4n) is 1.79. The van der Waals surface area contributed by atoms with E-state index in [0.717, 1.165) is 17.7 Å². The first-order chi connectivity index (χ1) is 6.25. The molecule has 1 aromatic heterocycles. The van der Waals surface area contributed by atoms with Gasteiger partial charge < -0.3 is 5.11 Å². The van der Waals surface area contributed by atoms with Gasteiger partial charge in [0.15, 0.2) is 0 Å². The Balaban J connectivity index is 2.20. The molecule has 0 saturated heterocycles. The van der Waals surface area contributed by atoms with Crippen LogP contribution < -0.4 is 0 Å². The van der Waals surface area contributed by atoms with E-state index < -0.39 is 5.97 Å². The lowest BCUT2D eigenvalue weighted by Gasteiger charge is -2.08. The Kier molecular flexibility index (Phi) is 2.36. The zero-order valence-electron chi connectivity index (χ0n) is 7.38. The summed E-state index contributed by atoms with van der Waals surface area (Å²) in [5.74, 6) is -0.724. The first kappa shape index (κ1) is 8.75. The Bertz CT molecular complexity index is 304. The van der Waals surface area contributed by atoms with E-state index in [4.69, 9.17) is 5.11 Å². The van der Waals surface area contributed by atoms with E-state index in [2.05, 4.69) is 6.07 Å². The summed E-state index contributed by atoms with van der Waals surface area (Å²) in [6.45, 7) is 0. The minimum atomic E-state index is -0.724. The Hall–Kier alpha value is -0.830. The van der Waals surface area contributed by atoms with Crippen LogP contribution in [0.5, 0.6) is 0 Å². The number of fused-ring (bicyclic) bond motifs is 1. The quantitative estimate of drug-likeness (QED) is 0.787. The molecule has 0 aromatic carbocycles. The molecular weight excluding hydrogens is 184 g/mol. The van der Waals surface area contributed by atoms with Crippen molar-refractivity contribution in [3.8, 4) is 0 Å². The molecule has 0 aliphatic heterocycles. The second-order valence-electron chi connectivity index (χ2n) is 3.44. The molecule has 13 heavy (non-hydrogen) atoms. The molecule has 2 rings (SSSR count). The molecule has 0 saturated carbocycles. The highest BCUT2D eigenvalue weighted by molar-refractivity contribution is 7.12. The van der Waals surface area contributed by atoms with Gasteiger partial charge in [-0.1, -0.05) is 0 Å². The molecule has 0 fully saturated rings. The summed E-state index contributed by atoms with van der Waals surface area (Å²) in [6.07, 6.45) is 5.01. The van der Waals surface area contributed by atoms with Crippen LogP contribution in [0.2, 0.25) is 0 Å². The van der Waals surface area contributed by atoms with Gasteiger partial charge in [0.2, 0.25) is 0 Å². The average molecular weight is 196 g/mol. The molecular formula is C10H12O2S. The highest BCUT2D eigenvalue weighted by Gasteiger charge is 2.14. The Morgan fingerprint density at radius 2 is 2.23 bits per heavy atom. The van der Waals surface area contributed by atoms with Crippen molar-refractivity contribution in [1.82, 2.24) is 0 Å². The van der Waals surface area contributed by atoms with Crippen LogP contribution in [0.1, 0.15) is 28.2 Å². The van der Waals surface area contributed by atoms with Gasteiger partial charge in [-0.15, -0.1) is 11.3 Å². The molecule has 1 aliphatic carbocycles. The van der Waals surface area contributed by atoms with Gasteiger partial charge in [0.1, 0.15) is 0 Å². The molecule has 2 nitrogen and oxygen atoms in total. The van der Waals surface area contributed by atoms with Gasteiger partial charge in [-0.3, -0.25) is 4.79 Å². The predicted octanol–water partition coefficient (Wildman–Crippen LogP) is 2.25. The Morgan fingerprint density at radius 3 is 2.92 bits per heavy atom. The van der Waals surface area contributed by atoms with Gasteiger partial charge in [-0.2, -0.15) is 0 Å². The number of aliphatic carboxylic acids is 1. The SMILES string of the molecule is O=C(O)Cc1cc2c(s1)CCCC2. The van der Waals surface area contributed by atoms with Crippen LogP contribution in [0, 0.1) is 0 Å². The first-order valence-electron chi connectivity index (χ1n) is 4.58. The number of aryl methyl sites for hydroxylation is 2. The maximum absolute atomic E-state index is 10.5. The van der Waals surface area contributed by atoms with Crippen molar-refractivity contribution in [2.75, 3.05) is 0 Å². The normalized spacial score (nSPS) is 15.4. The number of thiophene rings is 1. The molecule has 0 radical (unpaired) electrons. The largest absolute Gasteiger partial charge is 0.481 e. The molecule has 3 heteroatoms. The topological polar surface area (TPSA) is 37.3 Å². The van der Waals surface area contributed by atoms with Crippen LogP contribution in [-0.2, 0) is 24.1 Å². The summed E-state index contributed by atoms with van der Waals surface area (Å²) in [7, 11) is 0. The van der Waals surface area contributed by atoms with Crippen molar-refractivity contribution in [2.45, 2.75) is 32.1 Å². The second kappa shape index (κ2) is 3.50. The van der Waals surface area contributed by atoms with Crippen LogP contribution >= 0.6 is 11.3 Å². The molecule has 70 valence electrons. The highest BCUT2D eigenvalue weighted by Crippen LogP contribution is 2.29. The fraction of sp³-hybridized carbons (Fsp3) is 0.500. The lowest BCUT2D eigenvalue weighted by molar-refractivity contribution is -0.136. The number of rotatable bonds is 2. The molecule has 0 spiro atoms. The van der Waals surface area contributed by atoms with Gasteiger partial charge in [0.05, 0.1) is 6.42 Å². The van der Waals surface area contributed by atoms with Crippen molar-refractivity contribution in [3.63, 3.8) is 0 Å². The van der Waals surface area contributed by atoms with Gasteiger partial charge in [-0.25, -0.2) is 0 Å². The minimum absolute atomic E-state index is 0.192. The van der Waals surface area contributed by atoms with Crippen LogP contribution in [-0.4, -0.2) is 11.1 Å². The van der Waals surface area contributed by atoms with Crippen molar-refractivity contribution in [1.29, 1.82) is 0 Å². The van der Waals surface area contributed by atoms with Crippen molar-refractivity contribution in [2.24, 2.45) is 0 Å². The standard InChI is InChI=1S/C10H12O2S/c11-10(12)6-8-5-7-3-1-2-4-9(7)13-8/h5H,1-4,6H2,(H,11,12). The molecule has 0 atom stereocenters. The van der Waals surface area contributed by atoms with E-state index >= 15 is 0 Å². The lowest BCUT2D eigenvalue weighted by atomic mass is 9.99. The van der Waals surface area contributed by atoms with Crippen LogP contribution in [0.25, 0.3) is 0 Å². The first-order valence-corrected chi connectivity index (χ1v) is 5.39. The van der Waals surface area contributed by atoms with E-state index in [1.807, 2.05) is 0 Å². The third-order valence-electron chi connectivity index (χ3n) is 2.37. The second-order valence-corrected chi connectivity index (χ2v) is 4.66. The molecule has 0 amide bonds. The van der Waals surface area contributed by atoms with E-state index in [1.54, 1.807) is 11.3 Å². The highest BCUT2D eigenvalue weighted by atomic mass is 32.1. The summed E-state index contributed by atoms with van der Waals surface area (Å²) in [6, 6.07) is 2.08. The molecule has 1 heterocycles. The maximum atomic E-state index is 10.5. The number of hydrogen-bond acceptors (Lipinski definition) is 2. The Morgan fingerprint density at radius 1 is 1.46 bits per heavy atom. The van der Waals surface area contributed by atoms with E-state index in [9.17, 15) is 4.79 Å². The third kappa shape index (κ3) is 1.91. The van der Waals surface area contributed by atoms with Crippen molar-refractivity contribution < 1.29 is 9.90 Å². The van der Waals surface area contributed by atoms with Gasteiger partial charge in [-0.05, 0) is 37.3 Å². The number of hydrogen-bond donors (Lipinski definition) is 1. The summed E-state index contributed by atoms with van der Waals surface area (Å²) in [4.78, 5) is 12.9. The minimum Gasteiger partial charge on any atom is -0.481 e. The van der Waals surface area contributed by atoms with Crippen LogP contribution in [0.3, 0.4) is 0 Å².